The van der Waals surface area contributed by atoms with Gasteiger partial charge < -0.3 is 4.42 Å². The molecule has 0 spiro atoms. The van der Waals surface area contributed by atoms with Crippen LogP contribution in [0, 0.1) is 11.8 Å². The average Bonchev–Trinajstić information content (AvgIpc) is 2.87. The lowest BCUT2D eigenvalue weighted by Crippen LogP contribution is -1.91. The first-order valence-corrected chi connectivity index (χ1v) is 6.94. The van der Waals surface area contributed by atoms with Gasteiger partial charge in [-0.3, -0.25) is 0 Å². The summed E-state index contributed by atoms with van der Waals surface area (Å²) in [6.07, 6.45) is 9.40. The molecule has 88 valence electrons. The van der Waals surface area contributed by atoms with Crippen LogP contribution in [0.5, 0.6) is 0 Å². The fourth-order valence-corrected chi connectivity index (χ4v) is 3.36. The van der Waals surface area contributed by atoms with Gasteiger partial charge in [0.2, 0.25) is 0 Å². The molecule has 2 atom stereocenters. The molecule has 2 aliphatic rings. The van der Waals surface area contributed by atoms with Gasteiger partial charge in [-0.1, -0.05) is 12.8 Å². The lowest BCUT2D eigenvalue weighted by Gasteiger charge is -2.04. The van der Waals surface area contributed by atoms with Crippen LogP contribution < -0.4 is 0 Å². The van der Waals surface area contributed by atoms with Crippen molar-refractivity contribution in [3.63, 3.8) is 0 Å². The molecule has 0 saturated heterocycles. The molecule has 3 heteroatoms. The molecule has 1 heterocycles. The zero-order valence-corrected chi connectivity index (χ0v) is 10.2. The van der Waals surface area contributed by atoms with Crippen molar-refractivity contribution in [2.24, 2.45) is 11.8 Å². The summed E-state index contributed by atoms with van der Waals surface area (Å²) in [5, 5.41) is 0. The number of aryl methyl sites for hydroxylation is 1. The van der Waals surface area contributed by atoms with Crippen LogP contribution in [0.1, 0.15) is 49.7 Å². The van der Waals surface area contributed by atoms with Crippen molar-refractivity contribution in [2.75, 3.05) is 5.88 Å². The summed E-state index contributed by atoms with van der Waals surface area (Å²) >= 11 is 5.66. The second-order valence-electron chi connectivity index (χ2n) is 5.09. The quantitative estimate of drug-likeness (QED) is 0.748. The molecule has 0 amide bonds. The van der Waals surface area contributed by atoms with E-state index in [4.69, 9.17) is 16.0 Å². The smallest absolute Gasteiger partial charge is 0.194 e. The van der Waals surface area contributed by atoms with Gasteiger partial charge in [0.25, 0.3) is 0 Å². The number of oxazole rings is 1. The monoisotopic (exact) mass is 239 g/mol. The predicted octanol–water partition coefficient (Wildman–Crippen LogP) is 3.75. The number of halogens is 1. The van der Waals surface area contributed by atoms with E-state index in [0.717, 1.165) is 36.3 Å². The Labute approximate surface area is 101 Å². The maximum atomic E-state index is 5.83. The Kier molecular flexibility index (Phi) is 2.93. The summed E-state index contributed by atoms with van der Waals surface area (Å²) in [4.78, 5) is 4.35. The fraction of sp³-hybridized carbons (Fsp3) is 0.769. The van der Waals surface area contributed by atoms with E-state index in [2.05, 4.69) is 4.98 Å². The second kappa shape index (κ2) is 4.40. The van der Waals surface area contributed by atoms with Crippen LogP contribution >= 0.6 is 11.6 Å². The molecule has 3 rings (SSSR count). The highest BCUT2D eigenvalue weighted by molar-refractivity contribution is 6.17. The Balaban J connectivity index is 1.64. The third-order valence-corrected chi connectivity index (χ3v) is 4.35. The summed E-state index contributed by atoms with van der Waals surface area (Å²) < 4.78 is 5.83. The predicted molar refractivity (Wildman–Crippen MR) is 63.7 cm³/mol. The Hall–Kier alpha value is -0.500. The first-order valence-electron chi connectivity index (χ1n) is 6.40. The molecule has 2 unspecified atom stereocenters. The molecule has 1 aromatic heterocycles. The second-order valence-corrected chi connectivity index (χ2v) is 5.46. The van der Waals surface area contributed by atoms with Crippen molar-refractivity contribution < 1.29 is 4.42 Å². The standard InChI is InChI=1S/C13H18ClNO/c14-7-3-6-12-15-8-11(16-12)13-9-4-1-2-5-10(9)13/h8-10,13H,1-7H2. The highest BCUT2D eigenvalue weighted by Crippen LogP contribution is 2.61. The summed E-state index contributed by atoms with van der Waals surface area (Å²) in [5.74, 6) is 5.21. The molecule has 0 aliphatic heterocycles. The minimum atomic E-state index is 0.687. The van der Waals surface area contributed by atoms with Gasteiger partial charge in [-0.25, -0.2) is 4.98 Å². The van der Waals surface area contributed by atoms with Crippen molar-refractivity contribution in [3.8, 4) is 0 Å². The molecule has 0 bridgehead atoms. The van der Waals surface area contributed by atoms with Gasteiger partial charge in [-0.2, -0.15) is 0 Å². The minimum absolute atomic E-state index is 0.687. The third kappa shape index (κ3) is 1.88. The van der Waals surface area contributed by atoms with E-state index < -0.39 is 0 Å². The Morgan fingerprint density at radius 2 is 2.06 bits per heavy atom. The zero-order valence-electron chi connectivity index (χ0n) is 9.49. The molecule has 16 heavy (non-hydrogen) atoms. The van der Waals surface area contributed by atoms with Crippen molar-refractivity contribution in [1.29, 1.82) is 0 Å². The first kappa shape index (κ1) is 10.6. The average molecular weight is 240 g/mol. The van der Waals surface area contributed by atoms with Gasteiger partial charge in [0.1, 0.15) is 5.76 Å². The number of hydrogen-bond donors (Lipinski definition) is 0. The van der Waals surface area contributed by atoms with Crippen LogP contribution in [-0.4, -0.2) is 10.9 Å². The van der Waals surface area contributed by atoms with E-state index in [-0.39, 0.29) is 0 Å². The zero-order chi connectivity index (χ0) is 11.0. The fourth-order valence-electron chi connectivity index (χ4n) is 3.23. The van der Waals surface area contributed by atoms with E-state index in [1.54, 1.807) is 0 Å². The normalized spacial score (nSPS) is 32.4. The van der Waals surface area contributed by atoms with E-state index in [1.807, 2.05) is 6.20 Å². The van der Waals surface area contributed by atoms with Crippen LogP contribution in [0.3, 0.4) is 0 Å². The molecule has 2 aliphatic carbocycles. The molecule has 0 aromatic carbocycles. The maximum absolute atomic E-state index is 5.83. The number of hydrogen-bond acceptors (Lipinski definition) is 2. The van der Waals surface area contributed by atoms with Gasteiger partial charge in [0.15, 0.2) is 5.89 Å². The lowest BCUT2D eigenvalue weighted by atomic mass is 10.0. The van der Waals surface area contributed by atoms with Crippen LogP contribution in [0.4, 0.5) is 0 Å². The molecule has 0 N–H and O–H groups in total. The number of rotatable bonds is 4. The molecular formula is C13H18ClNO. The topological polar surface area (TPSA) is 26.0 Å². The van der Waals surface area contributed by atoms with E-state index in [9.17, 15) is 0 Å². The molecule has 2 fully saturated rings. The number of alkyl halides is 1. The van der Waals surface area contributed by atoms with Crippen molar-refractivity contribution >= 4 is 11.6 Å². The van der Waals surface area contributed by atoms with Crippen LogP contribution in [-0.2, 0) is 6.42 Å². The number of fused-ring (bicyclic) bond motifs is 1. The van der Waals surface area contributed by atoms with Gasteiger partial charge in [0.05, 0.1) is 6.20 Å². The Morgan fingerprint density at radius 1 is 1.31 bits per heavy atom. The highest BCUT2D eigenvalue weighted by Gasteiger charge is 2.53. The van der Waals surface area contributed by atoms with E-state index in [1.165, 1.54) is 25.7 Å². The van der Waals surface area contributed by atoms with E-state index in [0.29, 0.717) is 11.8 Å². The SMILES string of the molecule is ClCCCc1ncc(C2C3CCCCC32)o1. The van der Waals surface area contributed by atoms with Crippen LogP contribution in [0.2, 0.25) is 0 Å². The van der Waals surface area contributed by atoms with Gasteiger partial charge in [-0.15, -0.1) is 11.6 Å². The van der Waals surface area contributed by atoms with Crippen LogP contribution in [0.25, 0.3) is 0 Å². The lowest BCUT2D eigenvalue weighted by molar-refractivity contribution is 0.446. The third-order valence-electron chi connectivity index (χ3n) is 4.08. The summed E-state index contributed by atoms with van der Waals surface area (Å²) in [5.41, 5.74) is 0. The van der Waals surface area contributed by atoms with Crippen LogP contribution in [0.15, 0.2) is 10.6 Å². The van der Waals surface area contributed by atoms with E-state index >= 15 is 0 Å². The molecule has 2 nitrogen and oxygen atoms in total. The first-order chi connectivity index (χ1) is 7.90. The maximum Gasteiger partial charge on any atom is 0.194 e. The summed E-state index contributed by atoms with van der Waals surface area (Å²) in [6.45, 7) is 0. The molecule has 1 aromatic rings. The van der Waals surface area contributed by atoms with Gasteiger partial charge in [0, 0.05) is 18.2 Å². The highest BCUT2D eigenvalue weighted by atomic mass is 35.5. The van der Waals surface area contributed by atoms with Gasteiger partial charge >= 0.3 is 0 Å². The molecular weight excluding hydrogens is 222 g/mol. The number of nitrogens with zero attached hydrogens (tertiary/aromatic N) is 1. The van der Waals surface area contributed by atoms with Crippen molar-refractivity contribution in [1.82, 2.24) is 4.98 Å². The number of aromatic nitrogens is 1. The largest absolute Gasteiger partial charge is 0.445 e. The summed E-state index contributed by atoms with van der Waals surface area (Å²) in [7, 11) is 0. The molecule has 0 radical (unpaired) electrons. The minimum Gasteiger partial charge on any atom is -0.445 e. The van der Waals surface area contributed by atoms with Gasteiger partial charge in [-0.05, 0) is 31.1 Å². The Morgan fingerprint density at radius 3 is 2.75 bits per heavy atom. The summed E-state index contributed by atoms with van der Waals surface area (Å²) in [6, 6.07) is 0. The Bertz CT molecular complexity index is 351. The molecule has 2 saturated carbocycles. The van der Waals surface area contributed by atoms with Crippen molar-refractivity contribution in [2.45, 2.75) is 44.4 Å². The van der Waals surface area contributed by atoms with Crippen molar-refractivity contribution in [3.05, 3.63) is 17.8 Å².